The number of H-pyrrole nitrogens is 1. The second-order valence-corrected chi connectivity index (χ2v) is 5.65. The van der Waals surface area contributed by atoms with E-state index < -0.39 is 0 Å². The molecule has 1 aliphatic rings. The molecule has 1 N–H and O–H groups in total. The molecule has 1 aliphatic heterocycles. The number of nitrogens with zero attached hydrogens (tertiary/aromatic N) is 2. The summed E-state index contributed by atoms with van der Waals surface area (Å²) in [7, 11) is 0. The van der Waals surface area contributed by atoms with Crippen LogP contribution in [0.5, 0.6) is 0 Å². The largest absolute Gasteiger partial charge is 0.360 e. The molecule has 1 atom stereocenters. The molecule has 96 valence electrons. The van der Waals surface area contributed by atoms with Gasteiger partial charge in [-0.2, -0.15) is 5.26 Å². The standard InChI is InChI=1S/C15H15N3S/c1-2-8-19-14-9-13-11(10-16)5-7-18(13)15(14)12-4-3-6-17-12/h2-4,6,9,11,17H,1,5,7-8H2. The number of hydrogen-bond acceptors (Lipinski definition) is 2. The third-order valence-corrected chi connectivity index (χ3v) is 4.48. The van der Waals surface area contributed by atoms with Crippen LogP contribution in [0.1, 0.15) is 18.0 Å². The van der Waals surface area contributed by atoms with E-state index in [1.165, 1.54) is 10.6 Å². The number of hydrogen-bond donors (Lipinski definition) is 1. The van der Waals surface area contributed by atoms with E-state index in [-0.39, 0.29) is 5.92 Å². The molecule has 3 rings (SSSR count). The number of nitrogens with one attached hydrogen (secondary N) is 1. The van der Waals surface area contributed by atoms with Crippen LogP contribution in [-0.2, 0) is 6.54 Å². The third kappa shape index (κ3) is 2.00. The first-order valence-corrected chi connectivity index (χ1v) is 7.34. The van der Waals surface area contributed by atoms with Gasteiger partial charge in [-0.15, -0.1) is 18.3 Å². The van der Waals surface area contributed by atoms with Crippen molar-refractivity contribution < 1.29 is 0 Å². The van der Waals surface area contributed by atoms with Crippen molar-refractivity contribution in [1.29, 1.82) is 5.26 Å². The molecule has 19 heavy (non-hydrogen) atoms. The van der Waals surface area contributed by atoms with Crippen molar-refractivity contribution in [3.8, 4) is 17.5 Å². The zero-order valence-electron chi connectivity index (χ0n) is 10.6. The molecule has 2 aromatic heterocycles. The molecule has 3 heterocycles. The SMILES string of the molecule is C=CCSc1cc2n(c1-c1ccc[nH]1)CCC2C#N. The lowest BCUT2D eigenvalue weighted by atomic mass is 10.1. The molecule has 0 amide bonds. The lowest BCUT2D eigenvalue weighted by Gasteiger charge is -2.07. The molecule has 0 saturated heterocycles. The van der Waals surface area contributed by atoms with Gasteiger partial charge in [-0.05, 0) is 24.6 Å². The Kier molecular flexibility index (Phi) is 3.22. The highest BCUT2D eigenvalue weighted by atomic mass is 32.2. The van der Waals surface area contributed by atoms with Gasteiger partial charge in [0, 0.05) is 29.1 Å². The summed E-state index contributed by atoms with van der Waals surface area (Å²) in [6, 6.07) is 8.66. The second kappa shape index (κ2) is 5.02. The first-order chi connectivity index (χ1) is 9.35. The lowest BCUT2D eigenvalue weighted by molar-refractivity contribution is 0.733. The molecule has 1 unspecified atom stereocenters. The maximum atomic E-state index is 9.23. The summed E-state index contributed by atoms with van der Waals surface area (Å²) in [5, 5.41) is 9.23. The average Bonchev–Trinajstić information content (AvgIpc) is 3.11. The highest BCUT2D eigenvalue weighted by Crippen LogP contribution is 2.40. The molecular weight excluding hydrogens is 254 g/mol. The van der Waals surface area contributed by atoms with Crippen molar-refractivity contribution >= 4 is 11.8 Å². The molecule has 3 nitrogen and oxygen atoms in total. The summed E-state index contributed by atoms with van der Waals surface area (Å²) in [4.78, 5) is 4.51. The monoisotopic (exact) mass is 269 g/mol. The van der Waals surface area contributed by atoms with E-state index in [0.717, 1.165) is 30.1 Å². The fourth-order valence-electron chi connectivity index (χ4n) is 2.62. The predicted molar refractivity (Wildman–Crippen MR) is 78.1 cm³/mol. The van der Waals surface area contributed by atoms with Crippen LogP contribution in [0.25, 0.3) is 11.4 Å². The molecule has 0 spiro atoms. The van der Waals surface area contributed by atoms with Gasteiger partial charge in [0.2, 0.25) is 0 Å². The van der Waals surface area contributed by atoms with Crippen LogP contribution in [0.3, 0.4) is 0 Å². The van der Waals surface area contributed by atoms with Gasteiger partial charge in [-0.3, -0.25) is 0 Å². The van der Waals surface area contributed by atoms with Crippen molar-refractivity contribution in [1.82, 2.24) is 9.55 Å². The zero-order valence-corrected chi connectivity index (χ0v) is 11.4. The number of aromatic nitrogens is 2. The van der Waals surface area contributed by atoms with Crippen molar-refractivity contribution in [2.24, 2.45) is 0 Å². The summed E-state index contributed by atoms with van der Waals surface area (Å²) in [5.41, 5.74) is 3.49. The van der Waals surface area contributed by atoms with Crippen LogP contribution in [0.4, 0.5) is 0 Å². The summed E-state index contributed by atoms with van der Waals surface area (Å²) in [6.07, 6.45) is 4.77. The van der Waals surface area contributed by atoms with E-state index in [2.05, 4.69) is 34.3 Å². The van der Waals surface area contributed by atoms with Crippen molar-refractivity contribution in [3.63, 3.8) is 0 Å². The van der Waals surface area contributed by atoms with Gasteiger partial charge in [0.15, 0.2) is 0 Å². The van der Waals surface area contributed by atoms with Crippen LogP contribution in [0.2, 0.25) is 0 Å². The van der Waals surface area contributed by atoms with Gasteiger partial charge in [0.1, 0.15) is 0 Å². The van der Waals surface area contributed by atoms with E-state index in [4.69, 9.17) is 0 Å². The normalized spacial score (nSPS) is 17.1. The topological polar surface area (TPSA) is 44.5 Å². The number of aromatic amines is 1. The van der Waals surface area contributed by atoms with Crippen molar-refractivity contribution in [3.05, 3.63) is 42.7 Å². The highest BCUT2D eigenvalue weighted by molar-refractivity contribution is 7.99. The molecule has 0 bridgehead atoms. The third-order valence-electron chi connectivity index (χ3n) is 3.46. The van der Waals surface area contributed by atoms with Gasteiger partial charge < -0.3 is 9.55 Å². The van der Waals surface area contributed by atoms with E-state index in [9.17, 15) is 5.26 Å². The summed E-state index contributed by atoms with van der Waals surface area (Å²) < 4.78 is 2.28. The van der Waals surface area contributed by atoms with E-state index >= 15 is 0 Å². The van der Waals surface area contributed by atoms with E-state index in [1.807, 2.05) is 18.3 Å². The minimum absolute atomic E-state index is 0.0341. The summed E-state index contributed by atoms with van der Waals surface area (Å²) in [5.74, 6) is 0.917. The molecule has 0 saturated carbocycles. The molecule has 0 aromatic carbocycles. The highest BCUT2D eigenvalue weighted by Gasteiger charge is 2.28. The number of rotatable bonds is 4. The molecule has 2 aromatic rings. The molecule has 4 heteroatoms. The quantitative estimate of drug-likeness (QED) is 0.678. The Balaban J connectivity index is 2.10. The zero-order chi connectivity index (χ0) is 13.2. The predicted octanol–water partition coefficient (Wildman–Crippen LogP) is 3.77. The maximum Gasteiger partial charge on any atom is 0.0882 e. The maximum absolute atomic E-state index is 9.23. The molecule has 0 radical (unpaired) electrons. The molecular formula is C15H15N3S. The van der Waals surface area contributed by atoms with Gasteiger partial charge in [-0.1, -0.05) is 6.08 Å². The fraction of sp³-hybridized carbons (Fsp3) is 0.267. The van der Waals surface area contributed by atoms with Crippen LogP contribution in [0, 0.1) is 11.3 Å². The Morgan fingerprint density at radius 2 is 2.53 bits per heavy atom. The smallest absolute Gasteiger partial charge is 0.0882 e. The van der Waals surface area contributed by atoms with Gasteiger partial charge in [0.05, 0.1) is 23.4 Å². The first kappa shape index (κ1) is 12.2. The van der Waals surface area contributed by atoms with E-state index in [0.29, 0.717) is 0 Å². The minimum atomic E-state index is 0.0341. The summed E-state index contributed by atoms with van der Waals surface area (Å²) >= 11 is 1.77. The fourth-order valence-corrected chi connectivity index (χ4v) is 3.48. The second-order valence-electron chi connectivity index (χ2n) is 4.59. The number of thioether (sulfide) groups is 1. The van der Waals surface area contributed by atoms with Crippen LogP contribution >= 0.6 is 11.8 Å². The lowest BCUT2D eigenvalue weighted by Crippen LogP contribution is -1.96. The minimum Gasteiger partial charge on any atom is -0.360 e. The number of fused-ring (bicyclic) bond motifs is 1. The Hall–Kier alpha value is -1.86. The summed E-state index contributed by atoms with van der Waals surface area (Å²) in [6.45, 7) is 4.70. The van der Waals surface area contributed by atoms with Crippen LogP contribution in [0.15, 0.2) is 41.9 Å². The first-order valence-electron chi connectivity index (χ1n) is 6.35. The van der Waals surface area contributed by atoms with Crippen LogP contribution in [-0.4, -0.2) is 15.3 Å². The Morgan fingerprint density at radius 3 is 3.21 bits per heavy atom. The van der Waals surface area contributed by atoms with Crippen molar-refractivity contribution in [2.45, 2.75) is 23.8 Å². The van der Waals surface area contributed by atoms with Gasteiger partial charge >= 0.3 is 0 Å². The Labute approximate surface area is 116 Å². The molecule has 0 fully saturated rings. The number of nitriles is 1. The average molecular weight is 269 g/mol. The van der Waals surface area contributed by atoms with Gasteiger partial charge in [0.25, 0.3) is 0 Å². The van der Waals surface area contributed by atoms with Crippen molar-refractivity contribution in [2.75, 3.05) is 5.75 Å². The van der Waals surface area contributed by atoms with Crippen LogP contribution < -0.4 is 0 Å². The van der Waals surface area contributed by atoms with E-state index in [1.54, 1.807) is 11.8 Å². The Morgan fingerprint density at radius 1 is 1.63 bits per heavy atom. The Bertz CT molecular complexity index is 631. The molecule has 0 aliphatic carbocycles. The van der Waals surface area contributed by atoms with Gasteiger partial charge in [-0.25, -0.2) is 0 Å².